The van der Waals surface area contributed by atoms with Crippen LogP contribution >= 0.6 is 0 Å². The topological polar surface area (TPSA) is 133 Å². The first kappa shape index (κ1) is 32.9. The maximum Gasteiger partial charge on any atom is 0.284 e. The molecule has 10 nitrogen and oxygen atoms in total. The molecule has 2 saturated heterocycles. The Morgan fingerprint density at radius 1 is 0.857 bits per heavy atom. The highest BCUT2D eigenvalue weighted by molar-refractivity contribution is 6.52. The summed E-state index contributed by atoms with van der Waals surface area (Å²) in [5, 5.41) is 4.87. The zero-order chi connectivity index (χ0) is 18.7. The van der Waals surface area contributed by atoms with Crippen LogP contribution in [-0.4, -0.2) is 72.4 Å². The number of amides is 6. The summed E-state index contributed by atoms with van der Waals surface area (Å²) in [6.45, 7) is 4.18. The fourth-order valence-corrected chi connectivity index (χ4v) is 2.32. The first-order valence-corrected chi connectivity index (χ1v) is 7.36. The minimum Gasteiger partial charge on any atom is -0.359 e. The van der Waals surface area contributed by atoms with E-state index in [9.17, 15) is 28.8 Å². The van der Waals surface area contributed by atoms with Crippen LogP contribution in [0.4, 0.5) is 0 Å². The summed E-state index contributed by atoms with van der Waals surface area (Å²) in [5.74, 6) is -3.27. The molecule has 164 valence electrons. The molecular formula is C18H36N4O6. The van der Waals surface area contributed by atoms with Crippen LogP contribution in [0, 0.1) is 5.41 Å². The molecule has 0 bridgehead atoms. The van der Waals surface area contributed by atoms with Crippen LogP contribution in [0.3, 0.4) is 0 Å². The number of rotatable bonds is 4. The average molecular weight is 405 g/mol. The van der Waals surface area contributed by atoms with Gasteiger partial charge in [0.2, 0.25) is 11.8 Å². The number of carbonyl (C=O) groups excluding carboxylic acids is 6. The number of hydrogen-bond acceptors (Lipinski definition) is 6. The molecule has 2 heterocycles. The number of nitrogens with zero attached hydrogens (tertiary/aromatic N) is 2. The summed E-state index contributed by atoms with van der Waals surface area (Å²) in [4.78, 5) is 68.3. The molecule has 6 amide bonds. The van der Waals surface area contributed by atoms with Crippen molar-refractivity contribution >= 4 is 35.4 Å². The highest BCUT2D eigenvalue weighted by Crippen LogP contribution is 2.43. The van der Waals surface area contributed by atoms with Gasteiger partial charge in [0.25, 0.3) is 29.0 Å². The molecule has 0 saturated carbocycles. The second-order valence-electron chi connectivity index (χ2n) is 5.08. The summed E-state index contributed by atoms with van der Waals surface area (Å²) in [5.41, 5.74) is -1.98. The summed E-state index contributed by atoms with van der Waals surface area (Å²) in [7, 11) is 2.76. The van der Waals surface area contributed by atoms with Gasteiger partial charge in [0.05, 0.1) is 0 Å². The largest absolute Gasteiger partial charge is 0.359 e. The Labute approximate surface area is 168 Å². The maximum atomic E-state index is 11.4. The Balaban J connectivity index is -0.000000189. The van der Waals surface area contributed by atoms with E-state index in [1.165, 1.54) is 14.1 Å². The van der Waals surface area contributed by atoms with Gasteiger partial charge in [-0.15, -0.1) is 0 Å². The lowest BCUT2D eigenvalue weighted by molar-refractivity contribution is -0.198. The van der Waals surface area contributed by atoms with Crippen molar-refractivity contribution in [3.05, 3.63) is 0 Å². The second kappa shape index (κ2) is 12.6. The lowest BCUT2D eigenvalue weighted by atomic mass is 9.69. The molecule has 2 aliphatic rings. The van der Waals surface area contributed by atoms with Crippen LogP contribution in [-0.2, 0) is 28.8 Å². The summed E-state index contributed by atoms with van der Waals surface area (Å²) in [6, 6.07) is 0. The van der Waals surface area contributed by atoms with E-state index in [0.717, 1.165) is 9.80 Å². The Bertz CT molecular complexity index is 583. The van der Waals surface area contributed by atoms with E-state index in [4.69, 9.17) is 0 Å². The number of hydrogen-bond donors (Lipinski definition) is 2. The molecule has 0 aromatic heterocycles. The zero-order valence-electron chi connectivity index (χ0n) is 14.0. The van der Waals surface area contributed by atoms with Crippen LogP contribution in [0.1, 0.15) is 50.0 Å². The first-order chi connectivity index (χ1) is 11.2. The second-order valence-corrected chi connectivity index (χ2v) is 5.08. The van der Waals surface area contributed by atoms with Crippen molar-refractivity contribution in [2.75, 3.05) is 27.2 Å². The molecule has 0 radical (unpaired) electrons. The van der Waals surface area contributed by atoms with Crippen molar-refractivity contribution in [3.63, 3.8) is 0 Å². The molecule has 2 N–H and O–H groups in total. The Kier molecular flexibility index (Phi) is 14.8. The van der Waals surface area contributed by atoms with Crippen molar-refractivity contribution in [1.82, 2.24) is 20.4 Å². The molecule has 28 heavy (non-hydrogen) atoms. The quantitative estimate of drug-likeness (QED) is 0.507. The molecule has 0 aliphatic carbocycles. The van der Waals surface area contributed by atoms with Crippen LogP contribution in [0.2, 0.25) is 0 Å². The fourth-order valence-electron chi connectivity index (χ4n) is 2.32. The molecule has 0 aromatic carbocycles. The van der Waals surface area contributed by atoms with Crippen molar-refractivity contribution in [1.29, 1.82) is 0 Å². The van der Waals surface area contributed by atoms with E-state index >= 15 is 0 Å². The van der Waals surface area contributed by atoms with Crippen molar-refractivity contribution < 1.29 is 28.8 Å². The molecule has 2 aliphatic heterocycles. The van der Waals surface area contributed by atoms with E-state index < -0.39 is 29.0 Å². The van der Waals surface area contributed by atoms with Gasteiger partial charge in [0.1, 0.15) is 6.42 Å². The number of imide groups is 2. The fraction of sp³-hybridized carbons (Fsp3) is 0.667. The predicted octanol–water partition coefficient (Wildman–Crippen LogP) is 0.163. The zero-order valence-corrected chi connectivity index (χ0v) is 14.0. The van der Waals surface area contributed by atoms with Gasteiger partial charge >= 0.3 is 0 Å². The van der Waals surface area contributed by atoms with E-state index in [2.05, 4.69) is 10.6 Å². The van der Waals surface area contributed by atoms with Gasteiger partial charge in [0.15, 0.2) is 0 Å². The highest BCUT2D eigenvalue weighted by Gasteiger charge is 2.79. The predicted molar refractivity (Wildman–Crippen MR) is 107 cm³/mol. The standard InChI is InChI=1S/C8H8N2O4.C6H12N2O2.4CH4/c1-3-10-6(13)8(7(10)14)4(11)9(2)5(8)12;1-3-8-6(10)4-5(9)7-2;;;;/h3H2,1-2H3;3-4H2,1-2H3,(H,7,9)(H,8,10);4*1H4. The average Bonchev–Trinajstić information content (AvgIpc) is 2.56. The lowest BCUT2D eigenvalue weighted by Crippen LogP contribution is -2.83. The molecule has 0 aromatic rings. The Hall–Kier alpha value is -2.78. The number of β-lactam (4-membered cyclic amide) rings is 4. The van der Waals surface area contributed by atoms with Gasteiger partial charge in [-0.1, -0.05) is 29.7 Å². The minimum atomic E-state index is -1.98. The van der Waals surface area contributed by atoms with E-state index in [1.807, 2.05) is 6.92 Å². The van der Waals surface area contributed by atoms with E-state index in [-0.39, 0.29) is 54.5 Å². The summed E-state index contributed by atoms with van der Waals surface area (Å²) >= 11 is 0. The van der Waals surface area contributed by atoms with E-state index in [0.29, 0.717) is 6.54 Å². The Morgan fingerprint density at radius 3 is 1.61 bits per heavy atom. The van der Waals surface area contributed by atoms with Crippen LogP contribution in [0.5, 0.6) is 0 Å². The third kappa shape index (κ3) is 4.93. The normalized spacial score (nSPS) is 15.1. The van der Waals surface area contributed by atoms with Crippen molar-refractivity contribution in [2.45, 2.75) is 50.0 Å². The summed E-state index contributed by atoms with van der Waals surface area (Å²) < 4.78 is 0. The third-order valence-electron chi connectivity index (χ3n) is 3.67. The van der Waals surface area contributed by atoms with Gasteiger partial charge in [-0.3, -0.25) is 38.6 Å². The molecule has 2 fully saturated rings. The van der Waals surface area contributed by atoms with Crippen molar-refractivity contribution in [2.24, 2.45) is 5.41 Å². The van der Waals surface area contributed by atoms with Gasteiger partial charge in [0, 0.05) is 27.2 Å². The highest BCUT2D eigenvalue weighted by atomic mass is 16.2. The van der Waals surface area contributed by atoms with Crippen LogP contribution < -0.4 is 10.6 Å². The SMILES string of the molecule is C.C.C.C.CCN1C(=O)C2(C(=O)N(C)C2=O)C1=O.CCNC(=O)CC(=O)NC. The van der Waals surface area contributed by atoms with Crippen molar-refractivity contribution in [3.8, 4) is 0 Å². The lowest BCUT2D eigenvalue weighted by Gasteiger charge is -2.51. The van der Waals surface area contributed by atoms with Gasteiger partial charge in [-0.05, 0) is 13.8 Å². The molecule has 0 atom stereocenters. The third-order valence-corrected chi connectivity index (χ3v) is 3.67. The summed E-state index contributed by atoms with van der Waals surface area (Å²) in [6.07, 6.45) is -0.0790. The number of carbonyl (C=O) groups is 6. The van der Waals surface area contributed by atoms with Gasteiger partial charge in [-0.2, -0.15) is 0 Å². The first-order valence-electron chi connectivity index (χ1n) is 7.36. The maximum absolute atomic E-state index is 11.4. The van der Waals surface area contributed by atoms with Gasteiger partial charge in [-0.25, -0.2) is 0 Å². The van der Waals surface area contributed by atoms with Crippen LogP contribution in [0.15, 0.2) is 0 Å². The monoisotopic (exact) mass is 404 g/mol. The van der Waals surface area contributed by atoms with Gasteiger partial charge < -0.3 is 10.6 Å². The number of likely N-dealkylation sites (tertiary alicyclic amines) is 2. The molecule has 0 unspecified atom stereocenters. The molecular weight excluding hydrogens is 368 g/mol. The smallest absolute Gasteiger partial charge is 0.284 e. The molecule has 10 heteroatoms. The minimum absolute atomic E-state index is 0. The van der Waals surface area contributed by atoms with Crippen LogP contribution in [0.25, 0.3) is 0 Å². The number of nitrogens with one attached hydrogen (secondary N) is 2. The molecule has 1 spiro atoms. The molecule has 2 rings (SSSR count). The van der Waals surface area contributed by atoms with E-state index in [1.54, 1.807) is 6.92 Å². The Morgan fingerprint density at radius 2 is 1.29 bits per heavy atom.